The van der Waals surface area contributed by atoms with Gasteiger partial charge >= 0.3 is 0 Å². The number of nitrogens with one attached hydrogen (secondary N) is 1. The van der Waals surface area contributed by atoms with Crippen LogP contribution in [0.2, 0.25) is 0 Å². The van der Waals surface area contributed by atoms with Crippen molar-refractivity contribution >= 4 is 5.91 Å². The Hall–Kier alpha value is -0.650. The number of nitrogens with zero attached hydrogens (tertiary/aromatic N) is 3. The summed E-state index contributed by atoms with van der Waals surface area (Å²) in [6.07, 6.45) is 1.20. The molecule has 0 bridgehead atoms. The fourth-order valence-corrected chi connectivity index (χ4v) is 3.75. The molecule has 2 rings (SSSR count). The summed E-state index contributed by atoms with van der Waals surface area (Å²) in [5.74, 6) is 0.279. The van der Waals surface area contributed by atoms with Gasteiger partial charge in [0.1, 0.15) is 0 Å². The molecule has 2 heterocycles. The molecular formula is C16H32N4O. The van der Waals surface area contributed by atoms with Gasteiger partial charge < -0.3 is 10.2 Å². The van der Waals surface area contributed by atoms with E-state index >= 15 is 0 Å². The summed E-state index contributed by atoms with van der Waals surface area (Å²) < 4.78 is 0. The van der Waals surface area contributed by atoms with E-state index in [1.807, 2.05) is 4.90 Å². The van der Waals surface area contributed by atoms with E-state index in [9.17, 15) is 4.79 Å². The van der Waals surface area contributed by atoms with E-state index in [1.165, 1.54) is 6.42 Å². The first-order valence-electron chi connectivity index (χ1n) is 8.47. The van der Waals surface area contributed by atoms with Crippen LogP contribution in [0.15, 0.2) is 0 Å². The van der Waals surface area contributed by atoms with Gasteiger partial charge in [-0.15, -0.1) is 0 Å². The number of likely N-dealkylation sites (tertiary alicyclic amines) is 1. The zero-order valence-electron chi connectivity index (χ0n) is 14.1. The third-order valence-corrected chi connectivity index (χ3v) is 4.68. The van der Waals surface area contributed by atoms with Crippen LogP contribution in [0, 0.1) is 0 Å². The van der Waals surface area contributed by atoms with Crippen molar-refractivity contribution in [1.82, 2.24) is 20.0 Å². The number of hydrogen-bond donors (Lipinski definition) is 1. The zero-order valence-corrected chi connectivity index (χ0v) is 14.1. The van der Waals surface area contributed by atoms with Crippen LogP contribution in [0.4, 0.5) is 0 Å². The molecule has 0 spiro atoms. The molecule has 2 fully saturated rings. The Morgan fingerprint density at radius 3 is 2.33 bits per heavy atom. The Labute approximate surface area is 129 Å². The van der Waals surface area contributed by atoms with Gasteiger partial charge in [-0.3, -0.25) is 14.6 Å². The highest BCUT2D eigenvalue weighted by molar-refractivity contribution is 5.78. The van der Waals surface area contributed by atoms with Crippen molar-refractivity contribution in [2.45, 2.75) is 52.2 Å². The van der Waals surface area contributed by atoms with Crippen molar-refractivity contribution in [1.29, 1.82) is 0 Å². The molecule has 0 aromatic heterocycles. The number of piperazine rings is 1. The van der Waals surface area contributed by atoms with Gasteiger partial charge in [-0.2, -0.15) is 0 Å². The quantitative estimate of drug-likeness (QED) is 0.807. The lowest BCUT2D eigenvalue weighted by molar-refractivity contribution is -0.135. The predicted molar refractivity (Wildman–Crippen MR) is 86.4 cm³/mol. The highest BCUT2D eigenvalue weighted by Crippen LogP contribution is 2.17. The van der Waals surface area contributed by atoms with Crippen LogP contribution in [-0.4, -0.2) is 84.5 Å². The van der Waals surface area contributed by atoms with Crippen LogP contribution >= 0.6 is 0 Å². The fraction of sp³-hybridized carbons (Fsp3) is 0.938. The smallest absolute Gasteiger partial charge is 0.237 e. The lowest BCUT2D eigenvalue weighted by atomic mass is 10.2. The van der Waals surface area contributed by atoms with E-state index in [0.29, 0.717) is 12.6 Å². The molecule has 1 atom stereocenters. The average molecular weight is 296 g/mol. The van der Waals surface area contributed by atoms with Gasteiger partial charge in [0.05, 0.1) is 6.54 Å². The summed E-state index contributed by atoms with van der Waals surface area (Å²) in [6, 6.07) is 1.21. The highest BCUT2D eigenvalue weighted by atomic mass is 16.2. The summed E-state index contributed by atoms with van der Waals surface area (Å²) in [5, 5.41) is 3.41. The average Bonchev–Trinajstić information content (AvgIpc) is 2.87. The number of carbonyl (C=O) groups is 1. The van der Waals surface area contributed by atoms with E-state index in [4.69, 9.17) is 0 Å². The minimum Gasteiger partial charge on any atom is -0.337 e. The lowest BCUT2D eigenvalue weighted by Crippen LogP contribution is -2.50. The summed E-state index contributed by atoms with van der Waals surface area (Å²) in [5.41, 5.74) is 0. The summed E-state index contributed by atoms with van der Waals surface area (Å²) >= 11 is 0. The second-order valence-corrected chi connectivity index (χ2v) is 6.95. The standard InChI is InChI=1S/C16H32N4O/c1-13(2)20(14(3)4)16(21)12-18-8-5-15(11-18)19-9-6-17-7-10-19/h13-15,17H,5-12H2,1-4H3. The van der Waals surface area contributed by atoms with Crippen molar-refractivity contribution in [2.75, 3.05) is 45.8 Å². The van der Waals surface area contributed by atoms with Crippen LogP contribution in [0.1, 0.15) is 34.1 Å². The van der Waals surface area contributed by atoms with Crippen molar-refractivity contribution < 1.29 is 4.79 Å². The highest BCUT2D eigenvalue weighted by Gasteiger charge is 2.31. The van der Waals surface area contributed by atoms with E-state index in [0.717, 1.165) is 39.3 Å². The van der Waals surface area contributed by atoms with Gasteiger partial charge in [-0.1, -0.05) is 0 Å². The Morgan fingerprint density at radius 1 is 1.14 bits per heavy atom. The largest absolute Gasteiger partial charge is 0.337 e. The molecular weight excluding hydrogens is 264 g/mol. The van der Waals surface area contributed by atoms with Crippen molar-refractivity contribution in [3.8, 4) is 0 Å². The fourth-order valence-electron chi connectivity index (χ4n) is 3.75. The number of rotatable bonds is 5. The lowest BCUT2D eigenvalue weighted by Gasteiger charge is -2.34. The Kier molecular flexibility index (Phi) is 6.02. The van der Waals surface area contributed by atoms with E-state index in [1.54, 1.807) is 0 Å². The molecule has 5 nitrogen and oxygen atoms in total. The normalized spacial score (nSPS) is 25.0. The predicted octanol–water partition coefficient (Wildman–Crippen LogP) is 0.611. The Balaban J connectivity index is 1.82. The van der Waals surface area contributed by atoms with Crippen molar-refractivity contribution in [3.63, 3.8) is 0 Å². The third-order valence-electron chi connectivity index (χ3n) is 4.68. The first kappa shape index (κ1) is 16.7. The van der Waals surface area contributed by atoms with Gasteiger partial charge in [0.25, 0.3) is 0 Å². The Bertz CT molecular complexity index is 331. The topological polar surface area (TPSA) is 38.8 Å². The molecule has 0 aromatic carbocycles. The third kappa shape index (κ3) is 4.41. The van der Waals surface area contributed by atoms with E-state index in [2.05, 4.69) is 42.8 Å². The molecule has 0 saturated carbocycles. The maximum absolute atomic E-state index is 12.5. The van der Waals surface area contributed by atoms with Crippen LogP contribution in [0.3, 0.4) is 0 Å². The second-order valence-electron chi connectivity index (χ2n) is 6.95. The van der Waals surface area contributed by atoms with Gasteiger partial charge in [-0.25, -0.2) is 0 Å². The maximum atomic E-state index is 12.5. The van der Waals surface area contributed by atoms with Crippen molar-refractivity contribution in [2.24, 2.45) is 0 Å². The first-order valence-corrected chi connectivity index (χ1v) is 8.47. The minimum absolute atomic E-state index is 0.279. The molecule has 21 heavy (non-hydrogen) atoms. The van der Waals surface area contributed by atoms with Gasteiger partial charge in [0.15, 0.2) is 0 Å². The maximum Gasteiger partial charge on any atom is 0.237 e. The van der Waals surface area contributed by atoms with Crippen LogP contribution in [-0.2, 0) is 4.79 Å². The Morgan fingerprint density at radius 2 is 1.76 bits per heavy atom. The summed E-state index contributed by atoms with van der Waals surface area (Å²) in [7, 11) is 0. The first-order chi connectivity index (χ1) is 9.99. The van der Waals surface area contributed by atoms with Crippen molar-refractivity contribution in [3.05, 3.63) is 0 Å². The molecule has 1 N–H and O–H groups in total. The summed E-state index contributed by atoms with van der Waals surface area (Å²) in [4.78, 5) is 19.5. The number of carbonyl (C=O) groups excluding carboxylic acids is 1. The molecule has 1 unspecified atom stereocenters. The molecule has 0 aromatic rings. The van der Waals surface area contributed by atoms with E-state index < -0.39 is 0 Å². The van der Waals surface area contributed by atoms with E-state index in [-0.39, 0.29) is 18.0 Å². The number of amides is 1. The molecule has 0 radical (unpaired) electrons. The minimum atomic E-state index is 0.279. The monoisotopic (exact) mass is 296 g/mol. The van der Waals surface area contributed by atoms with Crippen LogP contribution < -0.4 is 5.32 Å². The van der Waals surface area contributed by atoms with Gasteiger partial charge in [-0.05, 0) is 34.1 Å². The summed E-state index contributed by atoms with van der Waals surface area (Å²) in [6.45, 7) is 15.6. The van der Waals surface area contributed by atoms with Crippen LogP contribution in [0.5, 0.6) is 0 Å². The molecule has 2 aliphatic heterocycles. The molecule has 5 heteroatoms. The molecule has 2 saturated heterocycles. The van der Waals surface area contributed by atoms with Gasteiger partial charge in [0.2, 0.25) is 5.91 Å². The molecule has 2 aliphatic rings. The molecule has 122 valence electrons. The van der Waals surface area contributed by atoms with Crippen LogP contribution in [0.25, 0.3) is 0 Å². The molecule has 0 aliphatic carbocycles. The molecule has 1 amide bonds. The number of hydrogen-bond acceptors (Lipinski definition) is 4. The van der Waals surface area contributed by atoms with Gasteiger partial charge in [0, 0.05) is 57.4 Å². The second kappa shape index (κ2) is 7.56. The SMILES string of the molecule is CC(C)N(C(=O)CN1CCC(N2CCNCC2)C1)C(C)C. The zero-order chi connectivity index (χ0) is 15.4.